The lowest BCUT2D eigenvalue weighted by Gasteiger charge is -2.21. The van der Waals surface area contributed by atoms with Crippen LogP contribution in [0, 0.1) is 0 Å². The van der Waals surface area contributed by atoms with Crippen molar-refractivity contribution in [1.29, 1.82) is 0 Å². The van der Waals surface area contributed by atoms with Crippen LogP contribution in [0.3, 0.4) is 0 Å². The molecule has 1 fully saturated rings. The van der Waals surface area contributed by atoms with E-state index in [1.54, 1.807) is 25.1 Å². The number of hydrogen-bond acceptors (Lipinski definition) is 6. The smallest absolute Gasteiger partial charge is 0.325 e. The fourth-order valence-corrected chi connectivity index (χ4v) is 3.17. The SMILES string of the molecule is CCCNC(=O)CNC(=O)CN1C(=O)N[C@](C)(Cc2ccc3c(c2)OCO3)C1=O. The third-order valence-corrected chi connectivity index (χ3v) is 4.66. The Kier molecular flexibility index (Phi) is 5.90. The van der Waals surface area contributed by atoms with Crippen molar-refractivity contribution < 1.29 is 28.7 Å². The Morgan fingerprint density at radius 1 is 1.17 bits per heavy atom. The first kappa shape index (κ1) is 20.4. The summed E-state index contributed by atoms with van der Waals surface area (Å²) in [5.74, 6) is -0.217. The summed E-state index contributed by atoms with van der Waals surface area (Å²) in [6, 6.07) is 4.65. The van der Waals surface area contributed by atoms with Gasteiger partial charge in [0.25, 0.3) is 5.91 Å². The van der Waals surface area contributed by atoms with Gasteiger partial charge in [0, 0.05) is 13.0 Å². The second kappa shape index (κ2) is 8.38. The van der Waals surface area contributed by atoms with Crippen LogP contribution < -0.4 is 25.4 Å². The highest BCUT2D eigenvalue weighted by Crippen LogP contribution is 2.34. The van der Waals surface area contributed by atoms with Gasteiger partial charge < -0.3 is 25.4 Å². The molecular formula is C19H24N4O6. The van der Waals surface area contributed by atoms with E-state index in [1.807, 2.05) is 6.92 Å². The summed E-state index contributed by atoms with van der Waals surface area (Å²) in [4.78, 5) is 49.6. The van der Waals surface area contributed by atoms with Gasteiger partial charge in [-0.1, -0.05) is 13.0 Å². The van der Waals surface area contributed by atoms with Gasteiger partial charge in [0.2, 0.25) is 18.6 Å². The van der Waals surface area contributed by atoms with E-state index in [9.17, 15) is 19.2 Å². The zero-order valence-corrected chi connectivity index (χ0v) is 16.4. The number of ether oxygens (including phenoxy) is 2. The monoisotopic (exact) mass is 404 g/mol. The van der Waals surface area contributed by atoms with Crippen LogP contribution in [0.15, 0.2) is 18.2 Å². The molecule has 3 rings (SSSR count). The van der Waals surface area contributed by atoms with Gasteiger partial charge in [-0.2, -0.15) is 0 Å². The van der Waals surface area contributed by atoms with Crippen molar-refractivity contribution >= 4 is 23.8 Å². The van der Waals surface area contributed by atoms with Crippen LogP contribution in [0.25, 0.3) is 0 Å². The van der Waals surface area contributed by atoms with E-state index in [0.29, 0.717) is 18.0 Å². The van der Waals surface area contributed by atoms with Crippen LogP contribution in [0.1, 0.15) is 25.8 Å². The molecule has 156 valence electrons. The molecule has 2 aliphatic rings. The zero-order valence-electron chi connectivity index (χ0n) is 16.4. The molecule has 0 aliphatic carbocycles. The fourth-order valence-electron chi connectivity index (χ4n) is 3.17. The van der Waals surface area contributed by atoms with Crippen LogP contribution in [0.4, 0.5) is 4.79 Å². The number of fused-ring (bicyclic) bond motifs is 1. The van der Waals surface area contributed by atoms with Crippen molar-refractivity contribution in [1.82, 2.24) is 20.9 Å². The van der Waals surface area contributed by atoms with Crippen molar-refractivity contribution in [3.63, 3.8) is 0 Å². The van der Waals surface area contributed by atoms with Crippen LogP contribution in [-0.4, -0.2) is 60.6 Å². The number of nitrogens with one attached hydrogen (secondary N) is 3. The maximum Gasteiger partial charge on any atom is 0.325 e. The molecule has 2 aliphatic heterocycles. The minimum atomic E-state index is -1.19. The van der Waals surface area contributed by atoms with Gasteiger partial charge in [0.1, 0.15) is 12.1 Å². The summed E-state index contributed by atoms with van der Waals surface area (Å²) in [5.41, 5.74) is -0.409. The largest absolute Gasteiger partial charge is 0.454 e. The predicted molar refractivity (Wildman–Crippen MR) is 101 cm³/mol. The summed E-state index contributed by atoms with van der Waals surface area (Å²) in [7, 11) is 0. The van der Waals surface area contributed by atoms with Crippen LogP contribution in [0.2, 0.25) is 0 Å². The lowest BCUT2D eigenvalue weighted by molar-refractivity contribution is -0.134. The summed E-state index contributed by atoms with van der Waals surface area (Å²) in [6.45, 7) is 3.51. The predicted octanol–water partition coefficient (Wildman–Crippen LogP) is -0.0893. The number of imide groups is 1. The molecule has 0 unspecified atom stereocenters. The van der Waals surface area contributed by atoms with E-state index in [2.05, 4.69) is 16.0 Å². The fraction of sp³-hybridized carbons (Fsp3) is 0.474. The Bertz CT molecular complexity index is 842. The maximum absolute atomic E-state index is 12.8. The zero-order chi connectivity index (χ0) is 21.0. The standard InChI is InChI=1S/C19H24N4O6/c1-3-6-20-15(24)9-21-16(25)10-23-17(26)19(2,22-18(23)27)8-12-4-5-13-14(7-12)29-11-28-13/h4-5,7H,3,6,8-11H2,1-2H3,(H,20,24)(H,21,25)(H,22,27)/t19-/m1/s1. The van der Waals surface area contributed by atoms with E-state index < -0.39 is 29.9 Å². The molecule has 0 bridgehead atoms. The molecule has 10 heteroatoms. The Morgan fingerprint density at radius 3 is 2.69 bits per heavy atom. The van der Waals surface area contributed by atoms with Crippen LogP contribution in [0.5, 0.6) is 11.5 Å². The highest BCUT2D eigenvalue weighted by Gasteiger charge is 2.48. The highest BCUT2D eigenvalue weighted by atomic mass is 16.7. The minimum Gasteiger partial charge on any atom is -0.454 e. The first-order valence-corrected chi connectivity index (χ1v) is 9.38. The van der Waals surface area contributed by atoms with E-state index in [4.69, 9.17) is 9.47 Å². The van der Waals surface area contributed by atoms with E-state index in [-0.39, 0.29) is 25.7 Å². The van der Waals surface area contributed by atoms with Gasteiger partial charge in [-0.25, -0.2) is 4.79 Å². The molecule has 0 aromatic heterocycles. The molecule has 1 aromatic carbocycles. The third kappa shape index (κ3) is 4.58. The number of rotatable bonds is 8. The first-order valence-electron chi connectivity index (χ1n) is 9.38. The van der Waals surface area contributed by atoms with Gasteiger partial charge in [-0.15, -0.1) is 0 Å². The number of urea groups is 1. The molecule has 0 radical (unpaired) electrons. The molecule has 1 atom stereocenters. The minimum absolute atomic E-state index is 0.144. The second-order valence-corrected chi connectivity index (χ2v) is 7.14. The summed E-state index contributed by atoms with van der Waals surface area (Å²) in [5, 5.41) is 7.68. The van der Waals surface area contributed by atoms with Gasteiger partial charge >= 0.3 is 6.03 Å². The maximum atomic E-state index is 12.8. The quantitative estimate of drug-likeness (QED) is 0.520. The number of carbonyl (C=O) groups is 4. The van der Waals surface area contributed by atoms with Crippen molar-refractivity contribution in [3.8, 4) is 11.5 Å². The van der Waals surface area contributed by atoms with E-state index in [0.717, 1.165) is 16.9 Å². The van der Waals surface area contributed by atoms with E-state index >= 15 is 0 Å². The van der Waals surface area contributed by atoms with Gasteiger partial charge in [0.15, 0.2) is 11.5 Å². The Hall–Kier alpha value is -3.30. The Morgan fingerprint density at radius 2 is 1.93 bits per heavy atom. The van der Waals surface area contributed by atoms with Crippen molar-refractivity contribution in [3.05, 3.63) is 23.8 Å². The van der Waals surface area contributed by atoms with Gasteiger partial charge in [0.05, 0.1) is 6.54 Å². The summed E-state index contributed by atoms with van der Waals surface area (Å²) >= 11 is 0. The van der Waals surface area contributed by atoms with Crippen LogP contribution >= 0.6 is 0 Å². The molecule has 3 N–H and O–H groups in total. The van der Waals surface area contributed by atoms with E-state index in [1.165, 1.54) is 0 Å². The highest BCUT2D eigenvalue weighted by molar-refractivity contribution is 6.09. The number of benzene rings is 1. The molecule has 0 saturated carbocycles. The first-order chi connectivity index (χ1) is 13.8. The number of carbonyl (C=O) groups excluding carboxylic acids is 4. The summed E-state index contributed by atoms with van der Waals surface area (Å²) in [6.07, 6.45) is 1.01. The number of hydrogen-bond donors (Lipinski definition) is 3. The number of amides is 5. The topological polar surface area (TPSA) is 126 Å². The Balaban J connectivity index is 1.58. The van der Waals surface area contributed by atoms with Crippen molar-refractivity contribution in [2.45, 2.75) is 32.2 Å². The average Bonchev–Trinajstić information content (AvgIpc) is 3.22. The number of nitrogens with zero attached hydrogens (tertiary/aromatic N) is 1. The molecular weight excluding hydrogens is 380 g/mol. The lowest BCUT2D eigenvalue weighted by Crippen LogP contribution is -2.47. The van der Waals surface area contributed by atoms with Gasteiger partial charge in [-0.05, 0) is 31.0 Å². The molecule has 10 nitrogen and oxygen atoms in total. The molecule has 1 aromatic rings. The normalized spacial score (nSPS) is 19.9. The molecule has 0 spiro atoms. The van der Waals surface area contributed by atoms with Gasteiger partial charge in [-0.3, -0.25) is 19.3 Å². The Labute approximate surface area is 167 Å². The van der Waals surface area contributed by atoms with Crippen molar-refractivity contribution in [2.24, 2.45) is 0 Å². The molecule has 1 saturated heterocycles. The molecule has 5 amide bonds. The average molecular weight is 404 g/mol. The third-order valence-electron chi connectivity index (χ3n) is 4.66. The molecule has 29 heavy (non-hydrogen) atoms. The van der Waals surface area contributed by atoms with Crippen molar-refractivity contribution in [2.75, 3.05) is 26.4 Å². The molecule has 2 heterocycles. The van der Waals surface area contributed by atoms with Crippen LogP contribution in [-0.2, 0) is 20.8 Å². The lowest BCUT2D eigenvalue weighted by atomic mass is 9.92. The summed E-state index contributed by atoms with van der Waals surface area (Å²) < 4.78 is 10.6. The second-order valence-electron chi connectivity index (χ2n) is 7.14.